The number of nitrogens with one attached hydrogen (secondary N) is 1. The van der Waals surface area contributed by atoms with E-state index in [9.17, 15) is 14.4 Å². The molecule has 1 aliphatic heterocycles. The second kappa shape index (κ2) is 7.26. The number of likely N-dealkylation sites (tertiary alicyclic amines) is 1. The van der Waals surface area contributed by atoms with Crippen LogP contribution in [-0.4, -0.2) is 46.9 Å². The van der Waals surface area contributed by atoms with Crippen LogP contribution in [0.25, 0.3) is 0 Å². The molecular weight excluding hydrogens is 260 g/mol. The molecule has 0 unspecified atom stereocenters. The third-order valence-electron chi connectivity index (χ3n) is 3.69. The number of piperidine rings is 1. The van der Waals surface area contributed by atoms with Crippen LogP contribution in [0.2, 0.25) is 0 Å². The predicted molar refractivity (Wildman–Crippen MR) is 74.0 cm³/mol. The molecule has 1 aliphatic rings. The molecule has 1 heterocycles. The van der Waals surface area contributed by atoms with Gasteiger partial charge in [-0.15, -0.1) is 0 Å². The van der Waals surface area contributed by atoms with Crippen LogP contribution in [0.3, 0.4) is 0 Å². The lowest BCUT2D eigenvalue weighted by Crippen LogP contribution is -2.47. The molecule has 1 rings (SSSR count). The summed E-state index contributed by atoms with van der Waals surface area (Å²) < 4.78 is 0. The predicted octanol–water partition coefficient (Wildman–Crippen LogP) is 0.860. The number of carbonyl (C=O) groups is 3. The van der Waals surface area contributed by atoms with Crippen molar-refractivity contribution in [3.63, 3.8) is 0 Å². The van der Waals surface area contributed by atoms with Crippen LogP contribution in [0, 0.1) is 11.8 Å². The summed E-state index contributed by atoms with van der Waals surface area (Å²) in [5.74, 6) is -1.33. The third-order valence-corrected chi connectivity index (χ3v) is 3.69. The summed E-state index contributed by atoms with van der Waals surface area (Å²) in [4.78, 5) is 36.5. The van der Waals surface area contributed by atoms with Gasteiger partial charge in [-0.1, -0.05) is 20.8 Å². The molecule has 0 radical (unpaired) electrons. The first-order valence-electron chi connectivity index (χ1n) is 7.18. The summed E-state index contributed by atoms with van der Waals surface area (Å²) in [5, 5.41) is 11.5. The minimum absolute atomic E-state index is 0.0307. The minimum Gasteiger partial charge on any atom is -0.480 e. The number of amides is 2. The SMILES string of the molecule is CC[C@@H](NC(=O)C1CCN(C(=O)C(C)C)CC1)C(=O)O. The van der Waals surface area contributed by atoms with E-state index in [0.29, 0.717) is 32.4 Å². The van der Waals surface area contributed by atoms with Gasteiger partial charge in [-0.25, -0.2) is 4.79 Å². The lowest BCUT2D eigenvalue weighted by Gasteiger charge is -2.32. The van der Waals surface area contributed by atoms with Crippen molar-refractivity contribution < 1.29 is 19.5 Å². The first-order chi connectivity index (χ1) is 9.36. The molecule has 6 heteroatoms. The van der Waals surface area contributed by atoms with Gasteiger partial charge in [0.05, 0.1) is 0 Å². The van der Waals surface area contributed by atoms with E-state index in [0.717, 1.165) is 0 Å². The number of carbonyl (C=O) groups excluding carboxylic acids is 2. The first-order valence-corrected chi connectivity index (χ1v) is 7.18. The molecule has 6 nitrogen and oxygen atoms in total. The zero-order chi connectivity index (χ0) is 15.3. The highest BCUT2D eigenvalue weighted by atomic mass is 16.4. The molecule has 0 aromatic rings. The molecule has 0 aromatic heterocycles. The highest BCUT2D eigenvalue weighted by Crippen LogP contribution is 2.19. The van der Waals surface area contributed by atoms with Crippen LogP contribution in [0.15, 0.2) is 0 Å². The molecule has 1 fully saturated rings. The zero-order valence-electron chi connectivity index (χ0n) is 12.4. The second-order valence-corrected chi connectivity index (χ2v) is 5.56. The highest BCUT2D eigenvalue weighted by Gasteiger charge is 2.30. The van der Waals surface area contributed by atoms with E-state index < -0.39 is 12.0 Å². The molecule has 1 saturated heterocycles. The zero-order valence-corrected chi connectivity index (χ0v) is 12.4. The molecular formula is C14H24N2O4. The van der Waals surface area contributed by atoms with Gasteiger partial charge in [0.25, 0.3) is 0 Å². The van der Waals surface area contributed by atoms with Gasteiger partial charge in [-0.2, -0.15) is 0 Å². The lowest BCUT2D eigenvalue weighted by molar-refractivity contribution is -0.143. The van der Waals surface area contributed by atoms with Gasteiger partial charge in [-0.3, -0.25) is 9.59 Å². The largest absolute Gasteiger partial charge is 0.480 e. The summed E-state index contributed by atoms with van der Waals surface area (Å²) in [6.07, 6.45) is 1.56. The van der Waals surface area contributed by atoms with Crippen LogP contribution in [0.5, 0.6) is 0 Å². The third kappa shape index (κ3) is 4.21. The van der Waals surface area contributed by atoms with Crippen molar-refractivity contribution in [2.75, 3.05) is 13.1 Å². The van der Waals surface area contributed by atoms with Crippen molar-refractivity contribution in [1.29, 1.82) is 0 Å². The number of nitrogens with zero attached hydrogens (tertiary/aromatic N) is 1. The number of carboxylic acids is 1. The second-order valence-electron chi connectivity index (χ2n) is 5.56. The Kier molecular flexibility index (Phi) is 5.98. The van der Waals surface area contributed by atoms with Crippen LogP contribution in [0.4, 0.5) is 0 Å². The summed E-state index contributed by atoms with van der Waals surface area (Å²) in [6, 6.07) is -0.821. The molecule has 0 aromatic carbocycles. The van der Waals surface area contributed by atoms with Crippen molar-refractivity contribution in [3.8, 4) is 0 Å². The normalized spacial score (nSPS) is 17.9. The van der Waals surface area contributed by atoms with Crippen LogP contribution in [0.1, 0.15) is 40.0 Å². The first kappa shape index (κ1) is 16.5. The highest BCUT2D eigenvalue weighted by molar-refractivity contribution is 5.85. The van der Waals surface area contributed by atoms with Crippen molar-refractivity contribution in [3.05, 3.63) is 0 Å². The topological polar surface area (TPSA) is 86.7 Å². The van der Waals surface area contributed by atoms with Gasteiger partial charge in [0.15, 0.2) is 0 Å². The lowest BCUT2D eigenvalue weighted by atomic mass is 9.94. The Labute approximate surface area is 119 Å². The molecule has 0 bridgehead atoms. The monoisotopic (exact) mass is 284 g/mol. The summed E-state index contributed by atoms with van der Waals surface area (Å²) in [6.45, 7) is 6.58. The number of hydrogen-bond donors (Lipinski definition) is 2. The summed E-state index contributed by atoms with van der Waals surface area (Å²) in [5.41, 5.74) is 0. The average molecular weight is 284 g/mol. The molecule has 2 amide bonds. The summed E-state index contributed by atoms with van der Waals surface area (Å²) >= 11 is 0. The van der Waals surface area contributed by atoms with Gasteiger partial charge < -0.3 is 15.3 Å². The number of rotatable bonds is 5. The fourth-order valence-electron chi connectivity index (χ4n) is 2.36. The van der Waals surface area contributed by atoms with E-state index in [1.54, 1.807) is 11.8 Å². The van der Waals surface area contributed by atoms with E-state index in [1.807, 2.05) is 13.8 Å². The van der Waals surface area contributed by atoms with Crippen molar-refractivity contribution in [1.82, 2.24) is 10.2 Å². The smallest absolute Gasteiger partial charge is 0.326 e. The Hall–Kier alpha value is -1.59. The van der Waals surface area contributed by atoms with Crippen LogP contribution >= 0.6 is 0 Å². The Morgan fingerprint density at radius 3 is 2.20 bits per heavy atom. The molecule has 20 heavy (non-hydrogen) atoms. The van der Waals surface area contributed by atoms with Crippen LogP contribution < -0.4 is 5.32 Å². The van der Waals surface area contributed by atoms with E-state index >= 15 is 0 Å². The molecule has 0 spiro atoms. The average Bonchev–Trinajstić information content (AvgIpc) is 2.43. The molecule has 0 saturated carbocycles. The van der Waals surface area contributed by atoms with E-state index in [-0.39, 0.29) is 23.7 Å². The fraction of sp³-hybridized carbons (Fsp3) is 0.786. The molecule has 2 N–H and O–H groups in total. The van der Waals surface area contributed by atoms with Gasteiger partial charge >= 0.3 is 5.97 Å². The fourth-order valence-corrected chi connectivity index (χ4v) is 2.36. The number of carboxylic acid groups (broad SMARTS) is 1. The number of hydrogen-bond acceptors (Lipinski definition) is 3. The van der Waals surface area contributed by atoms with E-state index in [2.05, 4.69) is 5.32 Å². The summed E-state index contributed by atoms with van der Waals surface area (Å²) in [7, 11) is 0. The molecule has 0 aliphatic carbocycles. The maximum Gasteiger partial charge on any atom is 0.326 e. The molecule has 114 valence electrons. The van der Waals surface area contributed by atoms with Gasteiger partial charge in [-0.05, 0) is 19.3 Å². The standard InChI is InChI=1S/C14H24N2O4/c1-4-11(14(19)20)15-12(17)10-5-7-16(8-6-10)13(18)9(2)3/h9-11H,4-8H2,1-3H3,(H,15,17)(H,19,20)/t11-/m1/s1. The van der Waals surface area contributed by atoms with Crippen molar-refractivity contribution in [2.24, 2.45) is 11.8 Å². The maximum absolute atomic E-state index is 12.0. The van der Waals surface area contributed by atoms with Crippen molar-refractivity contribution >= 4 is 17.8 Å². The van der Waals surface area contributed by atoms with Crippen LogP contribution in [-0.2, 0) is 14.4 Å². The number of aliphatic carboxylic acids is 1. The van der Waals surface area contributed by atoms with E-state index in [4.69, 9.17) is 5.11 Å². The van der Waals surface area contributed by atoms with Crippen molar-refractivity contribution in [2.45, 2.75) is 46.1 Å². The van der Waals surface area contributed by atoms with E-state index in [1.165, 1.54) is 0 Å². The maximum atomic E-state index is 12.0. The Morgan fingerprint density at radius 2 is 1.80 bits per heavy atom. The molecule has 1 atom stereocenters. The Balaban J connectivity index is 2.47. The quantitative estimate of drug-likeness (QED) is 0.784. The Morgan fingerprint density at radius 1 is 1.25 bits per heavy atom. The van der Waals surface area contributed by atoms with Gasteiger partial charge in [0.2, 0.25) is 11.8 Å². The minimum atomic E-state index is -1.01. The van der Waals surface area contributed by atoms with Gasteiger partial charge in [0.1, 0.15) is 6.04 Å². The van der Waals surface area contributed by atoms with Gasteiger partial charge in [0, 0.05) is 24.9 Å². The Bertz CT molecular complexity index is 373.